The molecule has 0 spiro atoms. The maximum Gasteiger partial charge on any atom is 0.338 e. The van der Waals surface area contributed by atoms with Crippen molar-refractivity contribution in [1.29, 1.82) is 0 Å². The van der Waals surface area contributed by atoms with Crippen molar-refractivity contribution < 1.29 is 28.2 Å². The van der Waals surface area contributed by atoms with Crippen LogP contribution in [-0.2, 0) is 22.9 Å². The van der Waals surface area contributed by atoms with Gasteiger partial charge < -0.3 is 5.11 Å². The number of hydrogen-bond donors (Lipinski definition) is 2. The molecule has 0 saturated carbocycles. The molecule has 152 valence electrons. The molecule has 12 heteroatoms. The molecule has 0 aromatic heterocycles. The number of carboxylic acid groups (broad SMARTS) is 1. The highest BCUT2D eigenvalue weighted by Gasteiger charge is 2.30. The number of hydrogen-bond acceptors (Lipinski definition) is 7. The van der Waals surface area contributed by atoms with Gasteiger partial charge in [0.2, 0.25) is 0 Å². The van der Waals surface area contributed by atoms with Crippen LogP contribution in [0.3, 0.4) is 0 Å². The van der Waals surface area contributed by atoms with Crippen molar-refractivity contribution in [3.8, 4) is 0 Å². The lowest BCUT2D eigenvalue weighted by Gasteiger charge is -2.20. The number of nitrogens with zero attached hydrogens (tertiary/aromatic N) is 2. The summed E-state index contributed by atoms with van der Waals surface area (Å²) in [7, 11) is -4.59. The summed E-state index contributed by atoms with van der Waals surface area (Å²) in [6, 6.07) is 5.05. The average Bonchev–Trinajstić information content (AvgIpc) is 2.66. The number of nitrogens with one attached hydrogen (secondary N) is 1. The SMILES string of the molecule is O=C(O)c1c(NS(=O)(=O)c2ccc([N+](=O)[O-])cc2[N+](=O)[O-])ccc2c1CCCC2. The van der Waals surface area contributed by atoms with E-state index in [9.17, 15) is 38.5 Å². The van der Waals surface area contributed by atoms with E-state index in [1.807, 2.05) is 0 Å². The first-order valence-corrected chi connectivity index (χ1v) is 9.94. The fourth-order valence-corrected chi connectivity index (χ4v) is 4.57. The van der Waals surface area contributed by atoms with Crippen LogP contribution >= 0.6 is 0 Å². The normalized spacial score (nSPS) is 13.4. The zero-order valence-corrected chi connectivity index (χ0v) is 15.6. The minimum absolute atomic E-state index is 0.199. The summed E-state index contributed by atoms with van der Waals surface area (Å²) in [5.41, 5.74) is -0.696. The van der Waals surface area contributed by atoms with Gasteiger partial charge >= 0.3 is 5.97 Å². The molecule has 0 saturated heterocycles. The first kappa shape index (κ1) is 20.2. The maximum absolute atomic E-state index is 12.8. The van der Waals surface area contributed by atoms with Gasteiger partial charge in [0.1, 0.15) is 0 Å². The number of rotatable bonds is 6. The van der Waals surface area contributed by atoms with E-state index in [0.717, 1.165) is 30.5 Å². The van der Waals surface area contributed by atoms with Crippen LogP contribution in [0, 0.1) is 20.2 Å². The summed E-state index contributed by atoms with van der Waals surface area (Å²) in [6.45, 7) is 0. The Morgan fingerprint density at radius 2 is 1.72 bits per heavy atom. The Hall–Kier alpha value is -3.54. The molecule has 0 heterocycles. The van der Waals surface area contributed by atoms with Gasteiger partial charge in [0, 0.05) is 6.07 Å². The van der Waals surface area contributed by atoms with Crippen molar-refractivity contribution in [3.05, 3.63) is 67.3 Å². The average molecular weight is 421 g/mol. The molecule has 29 heavy (non-hydrogen) atoms. The summed E-state index contributed by atoms with van der Waals surface area (Å²) in [6.07, 6.45) is 2.81. The van der Waals surface area contributed by atoms with E-state index < -0.39 is 42.1 Å². The van der Waals surface area contributed by atoms with E-state index in [1.165, 1.54) is 6.07 Å². The number of carbonyl (C=O) groups is 1. The molecule has 3 rings (SSSR count). The molecule has 0 fully saturated rings. The number of benzene rings is 2. The van der Waals surface area contributed by atoms with Gasteiger partial charge in [-0.2, -0.15) is 0 Å². The van der Waals surface area contributed by atoms with Gasteiger partial charge in [0.15, 0.2) is 4.90 Å². The molecule has 2 aromatic carbocycles. The number of fused-ring (bicyclic) bond motifs is 1. The van der Waals surface area contributed by atoms with Gasteiger partial charge in [0.05, 0.1) is 27.2 Å². The van der Waals surface area contributed by atoms with Crippen LogP contribution in [0.5, 0.6) is 0 Å². The predicted molar refractivity (Wildman–Crippen MR) is 101 cm³/mol. The second kappa shape index (κ2) is 7.47. The number of sulfonamides is 1. The van der Waals surface area contributed by atoms with Crippen LogP contribution in [0.15, 0.2) is 35.2 Å². The first-order chi connectivity index (χ1) is 13.6. The van der Waals surface area contributed by atoms with Crippen molar-refractivity contribution in [2.24, 2.45) is 0 Å². The lowest BCUT2D eigenvalue weighted by atomic mass is 9.87. The van der Waals surface area contributed by atoms with E-state index >= 15 is 0 Å². The number of non-ortho nitro benzene ring substituents is 1. The van der Waals surface area contributed by atoms with E-state index in [2.05, 4.69) is 4.72 Å². The molecular formula is C17H15N3O8S. The van der Waals surface area contributed by atoms with Crippen molar-refractivity contribution in [1.82, 2.24) is 0 Å². The smallest absolute Gasteiger partial charge is 0.338 e. The molecule has 0 aliphatic heterocycles. The van der Waals surface area contributed by atoms with Gasteiger partial charge in [-0.15, -0.1) is 0 Å². The second-order valence-corrected chi connectivity index (χ2v) is 8.06. The minimum Gasteiger partial charge on any atom is -0.478 e. The third kappa shape index (κ3) is 3.87. The highest BCUT2D eigenvalue weighted by Crippen LogP contribution is 2.33. The Balaban J connectivity index is 2.10. The Labute approximate surface area is 164 Å². The van der Waals surface area contributed by atoms with Crippen LogP contribution in [0.2, 0.25) is 0 Å². The van der Waals surface area contributed by atoms with Crippen LogP contribution < -0.4 is 4.72 Å². The maximum atomic E-state index is 12.8. The minimum atomic E-state index is -4.59. The Morgan fingerprint density at radius 3 is 2.34 bits per heavy atom. The molecule has 2 N–H and O–H groups in total. The summed E-state index contributed by atoms with van der Waals surface area (Å²) < 4.78 is 27.6. The number of anilines is 1. The molecule has 1 aliphatic carbocycles. The molecule has 11 nitrogen and oxygen atoms in total. The lowest BCUT2D eigenvalue weighted by molar-refractivity contribution is -0.396. The fraction of sp³-hybridized carbons (Fsp3) is 0.235. The van der Waals surface area contributed by atoms with Crippen molar-refractivity contribution in [2.75, 3.05) is 4.72 Å². The summed E-state index contributed by atoms with van der Waals surface area (Å²) >= 11 is 0. The van der Waals surface area contributed by atoms with Gasteiger partial charge in [-0.05, 0) is 48.9 Å². The number of aromatic carboxylic acids is 1. The molecule has 1 aliphatic rings. The number of aryl methyl sites for hydroxylation is 1. The van der Waals surface area contributed by atoms with Gasteiger partial charge in [0.25, 0.3) is 21.4 Å². The van der Waals surface area contributed by atoms with Gasteiger partial charge in [-0.25, -0.2) is 13.2 Å². The van der Waals surface area contributed by atoms with Crippen molar-refractivity contribution >= 4 is 33.1 Å². The number of nitro groups is 2. The highest BCUT2D eigenvalue weighted by molar-refractivity contribution is 7.92. The molecule has 0 atom stereocenters. The predicted octanol–water partition coefficient (Wildman–Crippen LogP) is 2.88. The lowest BCUT2D eigenvalue weighted by Crippen LogP contribution is -2.19. The van der Waals surface area contributed by atoms with Gasteiger partial charge in [-0.3, -0.25) is 25.0 Å². The fourth-order valence-electron chi connectivity index (χ4n) is 3.35. The zero-order valence-electron chi connectivity index (χ0n) is 14.8. The quantitative estimate of drug-likeness (QED) is 0.529. The molecule has 0 amide bonds. The van der Waals surface area contributed by atoms with E-state index in [0.29, 0.717) is 24.5 Å². The first-order valence-electron chi connectivity index (χ1n) is 8.45. The molecule has 0 unspecified atom stereocenters. The van der Waals surface area contributed by atoms with Gasteiger partial charge in [-0.1, -0.05) is 6.07 Å². The largest absolute Gasteiger partial charge is 0.478 e. The monoisotopic (exact) mass is 421 g/mol. The third-order valence-corrected chi connectivity index (χ3v) is 6.04. The summed E-state index contributed by atoms with van der Waals surface area (Å²) in [5, 5.41) is 31.7. The summed E-state index contributed by atoms with van der Waals surface area (Å²) in [5.74, 6) is -1.32. The molecule has 2 aromatic rings. The third-order valence-electron chi connectivity index (χ3n) is 4.63. The molecular weight excluding hydrogens is 406 g/mol. The number of nitro benzene ring substituents is 2. The Bertz CT molecular complexity index is 1140. The number of carboxylic acids is 1. The van der Waals surface area contributed by atoms with Crippen molar-refractivity contribution in [2.45, 2.75) is 30.6 Å². The van der Waals surface area contributed by atoms with Crippen LogP contribution in [0.1, 0.15) is 34.3 Å². The molecule has 0 radical (unpaired) electrons. The Morgan fingerprint density at radius 1 is 1.03 bits per heavy atom. The summed E-state index contributed by atoms with van der Waals surface area (Å²) in [4.78, 5) is 31.1. The second-order valence-electron chi connectivity index (χ2n) is 6.41. The van der Waals surface area contributed by atoms with Crippen molar-refractivity contribution in [3.63, 3.8) is 0 Å². The van der Waals surface area contributed by atoms with E-state index in [-0.39, 0.29) is 11.3 Å². The van der Waals surface area contributed by atoms with E-state index in [4.69, 9.17) is 0 Å². The van der Waals surface area contributed by atoms with Crippen LogP contribution in [-0.4, -0.2) is 29.3 Å². The van der Waals surface area contributed by atoms with Crippen LogP contribution in [0.25, 0.3) is 0 Å². The highest BCUT2D eigenvalue weighted by atomic mass is 32.2. The molecule has 0 bridgehead atoms. The topological polar surface area (TPSA) is 170 Å². The Kier molecular flexibility index (Phi) is 5.20. The zero-order chi connectivity index (χ0) is 21.3. The van der Waals surface area contributed by atoms with Crippen LogP contribution in [0.4, 0.5) is 17.1 Å². The standard InChI is InChI=1S/C17H15N3O8S/c21-17(22)16-12-4-2-1-3-10(12)5-7-13(16)18-29(27,28)15-8-6-11(19(23)24)9-14(15)20(25)26/h5-9,18H,1-4H2,(H,21,22). The van der Waals surface area contributed by atoms with E-state index in [1.54, 1.807) is 6.07 Å².